The third-order valence-electron chi connectivity index (χ3n) is 5.90. The van der Waals surface area contributed by atoms with Gasteiger partial charge in [-0.25, -0.2) is 13.4 Å². The van der Waals surface area contributed by atoms with Crippen molar-refractivity contribution in [2.75, 3.05) is 22.7 Å². The molecular weight excluding hydrogens is 445 g/mol. The summed E-state index contributed by atoms with van der Waals surface area (Å²) in [7, 11) is -4.21. The number of carbonyl (C=O) groups is 1. The summed E-state index contributed by atoms with van der Waals surface area (Å²) in [5.74, 6) is -0.644. The highest BCUT2D eigenvalue weighted by molar-refractivity contribution is 7.92. The summed E-state index contributed by atoms with van der Waals surface area (Å²) in [5, 5.41) is 4.14. The van der Waals surface area contributed by atoms with Crippen molar-refractivity contribution < 1.29 is 22.3 Å². The first-order valence-corrected chi connectivity index (χ1v) is 12.3. The van der Waals surface area contributed by atoms with Crippen LogP contribution in [-0.4, -0.2) is 27.4 Å². The van der Waals surface area contributed by atoms with Crippen LogP contribution in [0, 0.1) is 11.7 Å². The van der Waals surface area contributed by atoms with Crippen LogP contribution in [0.5, 0.6) is 5.75 Å². The molecule has 1 saturated heterocycles. The van der Waals surface area contributed by atoms with Gasteiger partial charge >= 0.3 is 10.2 Å². The summed E-state index contributed by atoms with van der Waals surface area (Å²) < 4.78 is 49.4. The molecule has 3 aromatic rings. The fourth-order valence-corrected chi connectivity index (χ4v) is 5.14. The van der Waals surface area contributed by atoms with Crippen molar-refractivity contribution in [3.8, 4) is 5.75 Å². The largest absolute Gasteiger partial charge is 0.487 e. The van der Waals surface area contributed by atoms with E-state index < -0.39 is 28.5 Å². The average Bonchev–Trinajstić information content (AvgIpc) is 3.57. The molecule has 1 heterocycles. The smallest absolute Gasteiger partial charge is 0.326 e. The fraction of sp³-hybridized carbons (Fsp3) is 0.292. The Morgan fingerprint density at radius 2 is 1.91 bits per heavy atom. The van der Waals surface area contributed by atoms with Crippen molar-refractivity contribution in [3.63, 3.8) is 0 Å². The lowest BCUT2D eigenvalue weighted by Gasteiger charge is -2.21. The lowest BCUT2D eigenvalue weighted by molar-refractivity contribution is -0.117. The van der Waals surface area contributed by atoms with Gasteiger partial charge < -0.3 is 10.1 Å². The molecule has 2 aliphatic rings. The number of anilines is 2. The Hall–Kier alpha value is -3.33. The van der Waals surface area contributed by atoms with E-state index in [9.17, 15) is 13.2 Å². The zero-order valence-electron chi connectivity index (χ0n) is 17.9. The van der Waals surface area contributed by atoms with Gasteiger partial charge in [-0.1, -0.05) is 49.2 Å². The molecule has 5 rings (SSSR count). The van der Waals surface area contributed by atoms with E-state index in [-0.39, 0.29) is 23.4 Å². The summed E-state index contributed by atoms with van der Waals surface area (Å²) in [6.07, 6.45) is 3.60. The number of halogens is 1. The van der Waals surface area contributed by atoms with Crippen LogP contribution in [0.4, 0.5) is 15.8 Å². The number of hydrogen-bond acceptors (Lipinski definition) is 5. The molecule has 0 bridgehead atoms. The summed E-state index contributed by atoms with van der Waals surface area (Å²) in [4.78, 5) is 11.8. The Kier molecular flexibility index (Phi) is 5.57. The average molecular weight is 470 g/mol. The molecule has 9 heteroatoms. The Bertz CT molecular complexity index is 1310. The first-order valence-electron chi connectivity index (χ1n) is 10.9. The number of fused-ring (bicyclic) bond motifs is 1. The Morgan fingerprint density at radius 3 is 2.61 bits per heavy atom. The van der Waals surface area contributed by atoms with Crippen molar-refractivity contribution in [1.82, 2.24) is 4.72 Å². The predicted molar refractivity (Wildman–Crippen MR) is 125 cm³/mol. The number of carbonyl (C=O) groups excluding carboxylic acids is 1. The van der Waals surface area contributed by atoms with E-state index in [0.717, 1.165) is 34.4 Å². The molecular formula is C24H24FN3O4S. The van der Waals surface area contributed by atoms with Crippen molar-refractivity contribution in [1.29, 1.82) is 0 Å². The van der Waals surface area contributed by atoms with Crippen LogP contribution < -0.4 is 19.1 Å². The van der Waals surface area contributed by atoms with E-state index in [1.165, 1.54) is 12.8 Å². The van der Waals surface area contributed by atoms with Crippen molar-refractivity contribution in [2.45, 2.75) is 25.9 Å². The van der Waals surface area contributed by atoms with Crippen LogP contribution in [0.15, 0.2) is 54.6 Å². The van der Waals surface area contributed by atoms with E-state index in [4.69, 9.17) is 4.74 Å². The summed E-state index contributed by atoms with van der Waals surface area (Å²) >= 11 is 0. The second-order valence-electron chi connectivity index (χ2n) is 8.44. The molecule has 0 aromatic heterocycles. The van der Waals surface area contributed by atoms with Gasteiger partial charge in [0.2, 0.25) is 0 Å². The highest BCUT2D eigenvalue weighted by atomic mass is 32.2. The van der Waals surface area contributed by atoms with Gasteiger partial charge in [-0.15, -0.1) is 0 Å². The molecule has 1 aliphatic carbocycles. The molecule has 0 unspecified atom stereocenters. The van der Waals surface area contributed by atoms with E-state index >= 15 is 4.39 Å². The van der Waals surface area contributed by atoms with Gasteiger partial charge in [-0.2, -0.15) is 8.42 Å². The minimum atomic E-state index is -4.21. The first kappa shape index (κ1) is 21.5. The van der Waals surface area contributed by atoms with Crippen molar-refractivity contribution >= 4 is 38.3 Å². The normalized spacial score (nSPS) is 17.2. The lowest BCUT2D eigenvalue weighted by atomic mass is 10.1. The second-order valence-corrected chi connectivity index (χ2v) is 10.0. The van der Waals surface area contributed by atoms with Crippen LogP contribution in [0.1, 0.15) is 24.8 Å². The van der Waals surface area contributed by atoms with Gasteiger partial charge in [0.05, 0.1) is 0 Å². The minimum absolute atomic E-state index is 0.0540. The van der Waals surface area contributed by atoms with E-state index in [0.29, 0.717) is 5.39 Å². The molecule has 1 aliphatic heterocycles. The van der Waals surface area contributed by atoms with Gasteiger partial charge in [-0.3, -0.25) is 4.79 Å². The number of amides is 1. The number of hydrogen-bond donors (Lipinski definition) is 2. The molecule has 1 saturated carbocycles. The molecule has 3 aromatic carbocycles. The third-order valence-corrected chi connectivity index (χ3v) is 7.28. The second kappa shape index (κ2) is 8.55. The summed E-state index contributed by atoms with van der Waals surface area (Å²) in [6.45, 7) is 0.405. The molecule has 7 nitrogen and oxygen atoms in total. The maximum absolute atomic E-state index is 15.9. The predicted octanol–water partition coefficient (Wildman–Crippen LogP) is 3.95. The monoisotopic (exact) mass is 469 g/mol. The zero-order valence-corrected chi connectivity index (χ0v) is 18.7. The molecule has 1 amide bonds. The van der Waals surface area contributed by atoms with Crippen LogP contribution in [-0.2, 0) is 21.6 Å². The van der Waals surface area contributed by atoms with Gasteiger partial charge in [0, 0.05) is 17.6 Å². The SMILES string of the molecule is O=C1CN(c2c(OCc3ccccc3)cc3ccc(NCCC4CC4)cc3c2F)S(=O)(=O)N1. The van der Waals surface area contributed by atoms with Crippen LogP contribution in [0.25, 0.3) is 10.8 Å². The summed E-state index contributed by atoms with van der Waals surface area (Å²) in [5.41, 5.74) is 1.33. The molecule has 0 spiro atoms. The number of benzene rings is 3. The van der Waals surface area contributed by atoms with E-state index in [1.807, 2.05) is 41.1 Å². The first-order chi connectivity index (χ1) is 15.9. The number of ether oxygens (including phenoxy) is 1. The highest BCUT2D eigenvalue weighted by Crippen LogP contribution is 2.40. The maximum atomic E-state index is 15.9. The van der Waals surface area contributed by atoms with Crippen LogP contribution in [0.2, 0.25) is 0 Å². The van der Waals surface area contributed by atoms with Gasteiger partial charge in [0.1, 0.15) is 24.6 Å². The Labute approximate surface area is 191 Å². The molecule has 33 heavy (non-hydrogen) atoms. The summed E-state index contributed by atoms with van der Waals surface area (Å²) in [6, 6.07) is 16.2. The zero-order chi connectivity index (χ0) is 23.0. The van der Waals surface area contributed by atoms with Crippen molar-refractivity contribution in [2.24, 2.45) is 5.92 Å². The van der Waals surface area contributed by atoms with Crippen molar-refractivity contribution in [3.05, 3.63) is 66.0 Å². The Morgan fingerprint density at radius 1 is 1.12 bits per heavy atom. The minimum Gasteiger partial charge on any atom is -0.487 e. The molecule has 2 fully saturated rings. The topological polar surface area (TPSA) is 87.7 Å². The number of rotatable bonds is 8. The van der Waals surface area contributed by atoms with E-state index in [2.05, 4.69) is 5.32 Å². The number of nitrogens with zero attached hydrogens (tertiary/aromatic N) is 1. The molecule has 0 atom stereocenters. The highest BCUT2D eigenvalue weighted by Gasteiger charge is 2.38. The maximum Gasteiger partial charge on any atom is 0.326 e. The Balaban J connectivity index is 1.53. The lowest BCUT2D eigenvalue weighted by Crippen LogP contribution is -2.30. The van der Waals surface area contributed by atoms with Gasteiger partial charge in [0.15, 0.2) is 5.82 Å². The number of nitrogens with one attached hydrogen (secondary N) is 2. The standard InChI is InChI=1S/C24H24FN3O4S/c25-23-20-13-19(26-11-10-16-6-7-16)9-8-18(20)12-21(32-15-17-4-2-1-3-5-17)24(23)28-14-22(29)27-33(28,30)31/h1-5,8-9,12-13,16,26H,6-7,10-11,14-15H2,(H,27,29). The van der Waals surface area contributed by atoms with Crippen LogP contribution >= 0.6 is 0 Å². The van der Waals surface area contributed by atoms with Gasteiger partial charge in [-0.05, 0) is 41.5 Å². The molecule has 2 N–H and O–H groups in total. The van der Waals surface area contributed by atoms with E-state index in [1.54, 1.807) is 18.2 Å². The fourth-order valence-electron chi connectivity index (χ4n) is 3.98. The molecule has 172 valence electrons. The quantitative estimate of drug-likeness (QED) is 0.522. The van der Waals surface area contributed by atoms with Crippen LogP contribution in [0.3, 0.4) is 0 Å². The molecule has 0 radical (unpaired) electrons. The third kappa shape index (κ3) is 4.59. The van der Waals surface area contributed by atoms with Gasteiger partial charge in [0.25, 0.3) is 5.91 Å².